The molecule has 1 unspecified atom stereocenters. The van der Waals surface area contributed by atoms with Crippen LogP contribution in [0.1, 0.15) is 24.5 Å². The van der Waals surface area contributed by atoms with Gasteiger partial charge in [0.1, 0.15) is 0 Å². The molecule has 0 fully saturated rings. The smallest absolute Gasteiger partial charge is 0.319 e. The average Bonchev–Trinajstić information content (AvgIpc) is 2.91. The molecule has 1 aliphatic rings. The molecule has 0 aromatic heterocycles. The van der Waals surface area contributed by atoms with Crippen LogP contribution in [-0.4, -0.2) is 24.3 Å². The summed E-state index contributed by atoms with van der Waals surface area (Å²) in [4.78, 5) is 12.0. The van der Waals surface area contributed by atoms with Crippen molar-refractivity contribution < 1.29 is 9.90 Å². The predicted octanol–water partition coefficient (Wildman–Crippen LogP) is 3.40. The minimum atomic E-state index is -0.203. The monoisotopic (exact) mass is 310 g/mol. The molecule has 3 rings (SSSR count). The summed E-state index contributed by atoms with van der Waals surface area (Å²) >= 11 is 0. The van der Waals surface area contributed by atoms with Crippen LogP contribution in [0, 0.1) is 5.92 Å². The van der Waals surface area contributed by atoms with E-state index in [1.807, 2.05) is 19.1 Å². The van der Waals surface area contributed by atoms with Crippen molar-refractivity contribution in [3.8, 4) is 11.1 Å². The van der Waals surface area contributed by atoms with Crippen molar-refractivity contribution in [1.29, 1.82) is 0 Å². The fraction of sp³-hybridized carbons (Fsp3) is 0.316. The SMILES string of the molecule is CC(CCO)CNC(=O)Nc1ccc2c(c1)Cc1ccccc1-2. The summed E-state index contributed by atoms with van der Waals surface area (Å²) in [5, 5.41) is 14.6. The molecule has 23 heavy (non-hydrogen) atoms. The second-order valence-corrected chi connectivity index (χ2v) is 6.16. The standard InChI is InChI=1S/C19H22N2O2/c1-13(8-9-22)12-20-19(23)21-16-6-7-18-15(11-16)10-14-4-2-3-5-17(14)18/h2-7,11,13,22H,8-10,12H2,1H3,(H2,20,21,23). The molecule has 0 spiro atoms. The quantitative estimate of drug-likeness (QED) is 0.676. The first-order chi connectivity index (χ1) is 11.2. The minimum Gasteiger partial charge on any atom is -0.396 e. The van der Waals surface area contributed by atoms with Crippen LogP contribution >= 0.6 is 0 Å². The van der Waals surface area contributed by atoms with Gasteiger partial charge >= 0.3 is 6.03 Å². The van der Waals surface area contributed by atoms with E-state index in [0.29, 0.717) is 13.0 Å². The molecule has 2 amide bonds. The first kappa shape index (κ1) is 15.6. The van der Waals surface area contributed by atoms with Crippen molar-refractivity contribution in [2.45, 2.75) is 19.8 Å². The van der Waals surface area contributed by atoms with Crippen LogP contribution in [0.4, 0.5) is 10.5 Å². The lowest BCUT2D eigenvalue weighted by molar-refractivity contribution is 0.243. The number of aliphatic hydroxyl groups is 1. The number of anilines is 1. The van der Waals surface area contributed by atoms with Gasteiger partial charge in [0, 0.05) is 18.8 Å². The van der Waals surface area contributed by atoms with E-state index in [4.69, 9.17) is 5.11 Å². The van der Waals surface area contributed by atoms with Crippen LogP contribution < -0.4 is 10.6 Å². The van der Waals surface area contributed by atoms with E-state index < -0.39 is 0 Å². The molecule has 2 aromatic carbocycles. The summed E-state index contributed by atoms with van der Waals surface area (Å²) in [6.07, 6.45) is 1.60. The molecular formula is C19H22N2O2. The minimum absolute atomic E-state index is 0.149. The largest absolute Gasteiger partial charge is 0.396 e. The number of rotatable bonds is 5. The number of urea groups is 1. The highest BCUT2D eigenvalue weighted by Crippen LogP contribution is 2.37. The highest BCUT2D eigenvalue weighted by molar-refractivity contribution is 5.90. The van der Waals surface area contributed by atoms with Gasteiger partial charge in [-0.25, -0.2) is 4.79 Å². The number of nitrogens with one attached hydrogen (secondary N) is 2. The topological polar surface area (TPSA) is 61.4 Å². The highest BCUT2D eigenvalue weighted by Gasteiger charge is 2.18. The van der Waals surface area contributed by atoms with Crippen molar-refractivity contribution in [1.82, 2.24) is 5.32 Å². The fourth-order valence-electron chi connectivity index (χ4n) is 2.99. The molecular weight excluding hydrogens is 288 g/mol. The van der Waals surface area contributed by atoms with E-state index in [-0.39, 0.29) is 18.6 Å². The van der Waals surface area contributed by atoms with Crippen molar-refractivity contribution in [2.75, 3.05) is 18.5 Å². The molecule has 1 aliphatic carbocycles. The molecule has 0 heterocycles. The van der Waals surface area contributed by atoms with Gasteiger partial charge in [0.15, 0.2) is 0 Å². The van der Waals surface area contributed by atoms with Crippen LogP contribution in [0.15, 0.2) is 42.5 Å². The molecule has 2 aromatic rings. The van der Waals surface area contributed by atoms with Gasteiger partial charge in [-0.1, -0.05) is 37.3 Å². The number of aliphatic hydroxyl groups excluding tert-OH is 1. The van der Waals surface area contributed by atoms with Crippen molar-refractivity contribution in [3.63, 3.8) is 0 Å². The molecule has 1 atom stereocenters. The number of carbonyl (C=O) groups excluding carboxylic acids is 1. The van der Waals surface area contributed by atoms with E-state index in [2.05, 4.69) is 41.0 Å². The Kier molecular flexibility index (Phi) is 4.63. The van der Waals surface area contributed by atoms with Crippen LogP contribution in [0.25, 0.3) is 11.1 Å². The maximum atomic E-state index is 12.0. The summed E-state index contributed by atoms with van der Waals surface area (Å²) in [7, 11) is 0. The van der Waals surface area contributed by atoms with Gasteiger partial charge in [-0.15, -0.1) is 0 Å². The fourth-order valence-corrected chi connectivity index (χ4v) is 2.99. The van der Waals surface area contributed by atoms with Gasteiger partial charge in [-0.05, 0) is 53.1 Å². The number of benzene rings is 2. The van der Waals surface area contributed by atoms with Crippen LogP contribution in [0.2, 0.25) is 0 Å². The maximum Gasteiger partial charge on any atom is 0.319 e. The summed E-state index contributed by atoms with van der Waals surface area (Å²) < 4.78 is 0. The van der Waals surface area contributed by atoms with Gasteiger partial charge < -0.3 is 15.7 Å². The Hall–Kier alpha value is -2.33. The van der Waals surface area contributed by atoms with Gasteiger partial charge in [0.05, 0.1) is 0 Å². The Labute approximate surface area is 136 Å². The number of hydrogen-bond donors (Lipinski definition) is 3. The average molecular weight is 310 g/mol. The normalized spacial score (nSPS) is 13.1. The Bertz CT molecular complexity index is 712. The highest BCUT2D eigenvalue weighted by atomic mass is 16.3. The lowest BCUT2D eigenvalue weighted by atomic mass is 10.1. The number of fused-ring (bicyclic) bond motifs is 3. The van der Waals surface area contributed by atoms with Crippen molar-refractivity contribution in [3.05, 3.63) is 53.6 Å². The predicted molar refractivity (Wildman–Crippen MR) is 92.6 cm³/mol. The van der Waals surface area contributed by atoms with E-state index in [1.54, 1.807) is 0 Å². The van der Waals surface area contributed by atoms with Gasteiger partial charge in [0.2, 0.25) is 0 Å². The van der Waals surface area contributed by atoms with Crippen molar-refractivity contribution >= 4 is 11.7 Å². The summed E-state index contributed by atoms with van der Waals surface area (Å²) in [6, 6.07) is 14.3. The van der Waals surface area contributed by atoms with Crippen LogP contribution in [0.5, 0.6) is 0 Å². The Morgan fingerprint density at radius 2 is 1.96 bits per heavy atom. The van der Waals surface area contributed by atoms with Crippen LogP contribution in [0.3, 0.4) is 0 Å². The molecule has 3 N–H and O–H groups in total. The molecule has 0 bridgehead atoms. The lowest BCUT2D eigenvalue weighted by Gasteiger charge is -2.12. The molecule has 0 radical (unpaired) electrons. The van der Waals surface area contributed by atoms with E-state index in [0.717, 1.165) is 12.1 Å². The zero-order valence-electron chi connectivity index (χ0n) is 13.3. The molecule has 4 heteroatoms. The van der Waals surface area contributed by atoms with Gasteiger partial charge in [-0.3, -0.25) is 0 Å². The first-order valence-corrected chi connectivity index (χ1v) is 8.04. The van der Waals surface area contributed by atoms with E-state index in [9.17, 15) is 4.79 Å². The third-order valence-electron chi connectivity index (χ3n) is 4.28. The van der Waals surface area contributed by atoms with Gasteiger partial charge in [-0.2, -0.15) is 0 Å². The first-order valence-electron chi connectivity index (χ1n) is 8.04. The number of hydrogen-bond acceptors (Lipinski definition) is 2. The zero-order valence-corrected chi connectivity index (χ0v) is 13.3. The van der Waals surface area contributed by atoms with E-state index >= 15 is 0 Å². The molecule has 0 saturated heterocycles. The second-order valence-electron chi connectivity index (χ2n) is 6.16. The number of amides is 2. The maximum absolute atomic E-state index is 12.0. The zero-order chi connectivity index (χ0) is 16.2. The molecule has 4 nitrogen and oxygen atoms in total. The molecule has 120 valence electrons. The third-order valence-corrected chi connectivity index (χ3v) is 4.28. The second kappa shape index (κ2) is 6.84. The summed E-state index contributed by atoms with van der Waals surface area (Å²) in [5.41, 5.74) is 5.93. The molecule has 0 aliphatic heterocycles. The Balaban J connectivity index is 1.63. The molecule has 0 saturated carbocycles. The number of carbonyl (C=O) groups is 1. The summed E-state index contributed by atoms with van der Waals surface area (Å²) in [5.74, 6) is 0.264. The Morgan fingerprint density at radius 1 is 1.17 bits per heavy atom. The van der Waals surface area contributed by atoms with E-state index in [1.165, 1.54) is 22.3 Å². The summed E-state index contributed by atoms with van der Waals surface area (Å²) in [6.45, 7) is 2.71. The van der Waals surface area contributed by atoms with Crippen molar-refractivity contribution in [2.24, 2.45) is 5.92 Å². The lowest BCUT2D eigenvalue weighted by Crippen LogP contribution is -2.32. The van der Waals surface area contributed by atoms with Crippen LogP contribution in [-0.2, 0) is 6.42 Å². The van der Waals surface area contributed by atoms with Gasteiger partial charge in [0.25, 0.3) is 0 Å². The Morgan fingerprint density at radius 3 is 2.78 bits per heavy atom. The third kappa shape index (κ3) is 3.54.